The van der Waals surface area contributed by atoms with Gasteiger partial charge in [-0.25, -0.2) is 4.98 Å². The average molecular weight is 331 g/mol. The number of hydrogen-bond donors (Lipinski definition) is 1. The third-order valence-electron chi connectivity index (χ3n) is 3.63. The fourth-order valence-corrected chi connectivity index (χ4v) is 2.60. The van der Waals surface area contributed by atoms with Gasteiger partial charge in [-0.15, -0.1) is 10.2 Å². The van der Waals surface area contributed by atoms with E-state index in [4.69, 9.17) is 17.3 Å². The van der Waals surface area contributed by atoms with E-state index in [-0.39, 0.29) is 10.7 Å². The molecule has 0 saturated heterocycles. The Kier molecular flexibility index (Phi) is 3.87. The Morgan fingerprint density at radius 2 is 2.09 bits per heavy atom. The molecule has 0 aliphatic carbocycles. The number of primary amides is 1. The molecule has 1 aromatic carbocycles. The van der Waals surface area contributed by atoms with E-state index in [2.05, 4.69) is 15.2 Å². The van der Waals surface area contributed by atoms with Gasteiger partial charge in [0.2, 0.25) is 0 Å². The van der Waals surface area contributed by atoms with Crippen LogP contribution in [0.2, 0.25) is 5.15 Å². The number of para-hydroxylation sites is 2. The number of rotatable bonds is 4. The van der Waals surface area contributed by atoms with Crippen molar-refractivity contribution in [3.05, 3.63) is 46.9 Å². The quantitative estimate of drug-likeness (QED) is 0.787. The molecule has 2 N–H and O–H groups in total. The third kappa shape index (κ3) is 2.83. The molecule has 0 saturated carbocycles. The summed E-state index contributed by atoms with van der Waals surface area (Å²) in [6.07, 6.45) is 0. The number of carbonyl (C=O) groups is 1. The first-order valence-electron chi connectivity index (χ1n) is 6.92. The molecule has 0 fully saturated rings. The monoisotopic (exact) mass is 330 g/mol. The SMILES string of the molecule is CN(Cc1nc2ccccc2n1C)c1nnc(Cl)cc1C(N)=O. The lowest BCUT2D eigenvalue weighted by Gasteiger charge is -2.19. The van der Waals surface area contributed by atoms with Crippen LogP contribution >= 0.6 is 11.6 Å². The third-order valence-corrected chi connectivity index (χ3v) is 3.81. The fourth-order valence-electron chi connectivity index (χ4n) is 2.45. The van der Waals surface area contributed by atoms with Gasteiger partial charge in [-0.1, -0.05) is 23.7 Å². The molecule has 8 heteroatoms. The number of carbonyl (C=O) groups excluding carboxylic acids is 1. The Morgan fingerprint density at radius 1 is 1.35 bits per heavy atom. The van der Waals surface area contributed by atoms with Crippen molar-refractivity contribution < 1.29 is 4.79 Å². The summed E-state index contributed by atoms with van der Waals surface area (Å²) in [4.78, 5) is 18.0. The predicted molar refractivity (Wildman–Crippen MR) is 88.4 cm³/mol. The minimum Gasteiger partial charge on any atom is -0.365 e. The second kappa shape index (κ2) is 5.85. The molecule has 0 aliphatic heterocycles. The van der Waals surface area contributed by atoms with Crippen LogP contribution in [-0.2, 0) is 13.6 Å². The zero-order valence-electron chi connectivity index (χ0n) is 12.7. The largest absolute Gasteiger partial charge is 0.365 e. The number of nitrogens with zero attached hydrogens (tertiary/aromatic N) is 5. The summed E-state index contributed by atoms with van der Waals surface area (Å²) in [7, 11) is 3.74. The number of imidazole rings is 1. The van der Waals surface area contributed by atoms with Gasteiger partial charge >= 0.3 is 0 Å². The van der Waals surface area contributed by atoms with Crippen LogP contribution in [0.4, 0.5) is 5.82 Å². The van der Waals surface area contributed by atoms with E-state index in [1.54, 1.807) is 11.9 Å². The van der Waals surface area contributed by atoms with Crippen molar-refractivity contribution in [1.82, 2.24) is 19.7 Å². The van der Waals surface area contributed by atoms with Crippen LogP contribution in [0.25, 0.3) is 11.0 Å². The lowest BCUT2D eigenvalue weighted by atomic mass is 10.2. The normalized spacial score (nSPS) is 10.9. The van der Waals surface area contributed by atoms with Gasteiger partial charge in [0.25, 0.3) is 5.91 Å². The number of anilines is 1. The number of amides is 1. The van der Waals surface area contributed by atoms with Gasteiger partial charge in [0, 0.05) is 14.1 Å². The minimum atomic E-state index is -0.603. The molecular formula is C15H15ClN6O. The van der Waals surface area contributed by atoms with E-state index >= 15 is 0 Å². The minimum absolute atomic E-state index is 0.124. The summed E-state index contributed by atoms with van der Waals surface area (Å²) >= 11 is 5.79. The lowest BCUT2D eigenvalue weighted by molar-refractivity contribution is 0.1000. The van der Waals surface area contributed by atoms with Crippen molar-refractivity contribution in [3.63, 3.8) is 0 Å². The van der Waals surface area contributed by atoms with Crippen molar-refractivity contribution in [2.24, 2.45) is 12.8 Å². The van der Waals surface area contributed by atoms with Gasteiger partial charge in [0.05, 0.1) is 23.1 Å². The first kappa shape index (κ1) is 15.2. The lowest BCUT2D eigenvalue weighted by Crippen LogP contribution is -2.25. The molecule has 7 nitrogen and oxygen atoms in total. The second-order valence-electron chi connectivity index (χ2n) is 5.20. The number of benzene rings is 1. The number of aryl methyl sites for hydroxylation is 1. The van der Waals surface area contributed by atoms with E-state index in [1.165, 1.54) is 6.07 Å². The highest BCUT2D eigenvalue weighted by molar-refractivity contribution is 6.29. The van der Waals surface area contributed by atoms with Crippen LogP contribution in [0.5, 0.6) is 0 Å². The standard InChI is InChI=1S/C15H15ClN6O/c1-21(15-9(14(17)23)7-12(16)19-20-15)8-13-18-10-5-3-4-6-11(10)22(13)2/h3-7H,8H2,1-2H3,(H2,17,23). The summed E-state index contributed by atoms with van der Waals surface area (Å²) in [5.41, 5.74) is 7.57. The Bertz CT molecular complexity index is 891. The van der Waals surface area contributed by atoms with E-state index in [1.807, 2.05) is 35.9 Å². The second-order valence-corrected chi connectivity index (χ2v) is 5.59. The predicted octanol–water partition coefficient (Wildman–Crippen LogP) is 1.75. The van der Waals surface area contributed by atoms with Crippen LogP contribution in [0.3, 0.4) is 0 Å². The van der Waals surface area contributed by atoms with Gasteiger partial charge in [0.1, 0.15) is 5.82 Å². The zero-order chi connectivity index (χ0) is 16.6. The fraction of sp³-hybridized carbons (Fsp3) is 0.200. The topological polar surface area (TPSA) is 89.9 Å². The van der Waals surface area contributed by atoms with Crippen LogP contribution < -0.4 is 10.6 Å². The maximum atomic E-state index is 11.6. The highest BCUT2D eigenvalue weighted by Gasteiger charge is 2.18. The van der Waals surface area contributed by atoms with Crippen LogP contribution in [0, 0.1) is 0 Å². The number of nitrogens with two attached hydrogens (primary N) is 1. The molecule has 0 spiro atoms. The molecule has 0 unspecified atom stereocenters. The maximum absolute atomic E-state index is 11.6. The van der Waals surface area contributed by atoms with Crippen LogP contribution in [-0.4, -0.2) is 32.7 Å². The molecule has 0 atom stereocenters. The van der Waals surface area contributed by atoms with Crippen molar-refractivity contribution in [3.8, 4) is 0 Å². The maximum Gasteiger partial charge on any atom is 0.252 e. The molecule has 2 aromatic heterocycles. The number of aromatic nitrogens is 4. The molecule has 118 valence electrons. The summed E-state index contributed by atoms with van der Waals surface area (Å²) < 4.78 is 2.00. The Morgan fingerprint density at radius 3 is 2.78 bits per heavy atom. The number of fused-ring (bicyclic) bond motifs is 1. The Hall–Kier alpha value is -2.67. The van der Waals surface area contributed by atoms with Gasteiger partial charge in [-0.3, -0.25) is 4.79 Å². The van der Waals surface area contributed by atoms with E-state index in [0.29, 0.717) is 12.4 Å². The summed E-state index contributed by atoms with van der Waals surface area (Å²) in [6.45, 7) is 0.446. The molecule has 23 heavy (non-hydrogen) atoms. The van der Waals surface area contributed by atoms with E-state index < -0.39 is 5.91 Å². The van der Waals surface area contributed by atoms with Crippen LogP contribution in [0.15, 0.2) is 30.3 Å². The van der Waals surface area contributed by atoms with Crippen molar-refractivity contribution in [2.75, 3.05) is 11.9 Å². The molecule has 0 radical (unpaired) electrons. The number of halogens is 1. The summed E-state index contributed by atoms with van der Waals surface area (Å²) in [5, 5.41) is 7.90. The summed E-state index contributed by atoms with van der Waals surface area (Å²) in [5.74, 6) is 0.600. The molecule has 0 aliphatic rings. The highest BCUT2D eigenvalue weighted by Crippen LogP contribution is 2.21. The van der Waals surface area contributed by atoms with Gasteiger partial charge in [0.15, 0.2) is 11.0 Å². The van der Waals surface area contributed by atoms with Crippen molar-refractivity contribution in [1.29, 1.82) is 0 Å². The average Bonchev–Trinajstić information content (AvgIpc) is 2.83. The van der Waals surface area contributed by atoms with Gasteiger partial charge in [-0.2, -0.15) is 0 Å². The molecule has 3 rings (SSSR count). The first-order chi connectivity index (χ1) is 11.0. The first-order valence-corrected chi connectivity index (χ1v) is 7.29. The van der Waals surface area contributed by atoms with Gasteiger partial charge in [-0.05, 0) is 18.2 Å². The molecule has 3 aromatic rings. The highest BCUT2D eigenvalue weighted by atomic mass is 35.5. The molecule has 1 amide bonds. The van der Waals surface area contributed by atoms with Crippen LogP contribution in [0.1, 0.15) is 16.2 Å². The smallest absolute Gasteiger partial charge is 0.252 e. The van der Waals surface area contributed by atoms with Crippen molar-refractivity contribution in [2.45, 2.75) is 6.54 Å². The van der Waals surface area contributed by atoms with E-state index in [9.17, 15) is 4.79 Å². The molecular weight excluding hydrogens is 316 g/mol. The molecule has 2 heterocycles. The summed E-state index contributed by atoms with van der Waals surface area (Å²) in [6, 6.07) is 9.28. The number of hydrogen-bond acceptors (Lipinski definition) is 5. The van der Waals surface area contributed by atoms with Gasteiger partial charge < -0.3 is 15.2 Å². The van der Waals surface area contributed by atoms with Crippen molar-refractivity contribution >= 4 is 34.4 Å². The Balaban J connectivity index is 1.96. The van der Waals surface area contributed by atoms with E-state index in [0.717, 1.165) is 16.9 Å². The zero-order valence-corrected chi connectivity index (χ0v) is 13.4. The molecule has 0 bridgehead atoms. The Labute approximate surface area is 137 Å².